The van der Waals surface area contributed by atoms with Gasteiger partial charge in [-0.2, -0.15) is 0 Å². The first kappa shape index (κ1) is 15.2. The minimum absolute atomic E-state index is 0.413. The van der Waals surface area contributed by atoms with Crippen LogP contribution in [-0.4, -0.2) is 13.0 Å². The molecule has 2 aliphatic rings. The minimum atomic E-state index is -3.20. The van der Waals surface area contributed by atoms with Crippen molar-refractivity contribution in [1.82, 2.24) is 4.57 Å². The van der Waals surface area contributed by atoms with Crippen LogP contribution >= 0.6 is 22.6 Å². The molecule has 0 aliphatic carbocycles. The molecule has 3 aromatic carbocycles. The fourth-order valence-corrected chi connectivity index (χ4v) is 5.43. The number of rotatable bonds is 2. The average molecular weight is 457 g/mol. The maximum Gasteiger partial charge on any atom is 0.207 e. The van der Waals surface area contributed by atoms with Gasteiger partial charge in [0, 0.05) is 26.4 Å². The first-order chi connectivity index (χ1) is 12.1. The summed E-state index contributed by atoms with van der Waals surface area (Å²) >= 11 is 2.35. The van der Waals surface area contributed by atoms with Crippen LogP contribution in [0.5, 0.6) is 0 Å². The van der Waals surface area contributed by atoms with Crippen LogP contribution in [0.4, 0.5) is 0 Å². The normalized spacial score (nSPS) is 14.4. The first-order valence-electron chi connectivity index (χ1n) is 7.81. The zero-order valence-electron chi connectivity index (χ0n) is 13.0. The van der Waals surface area contributed by atoms with Crippen molar-refractivity contribution in [3.05, 3.63) is 76.5 Å². The van der Waals surface area contributed by atoms with E-state index < -0.39 is 9.84 Å². The first-order valence-corrected chi connectivity index (χ1v) is 10.4. The van der Waals surface area contributed by atoms with E-state index in [1.165, 1.54) is 8.96 Å². The molecule has 0 amide bonds. The molecule has 0 N–H and O–H groups in total. The SMILES string of the molecule is O=S1(=O)c2ccc(-c3ccc(-n4cc(I)c5ccccc54)cc3)c1c2. The highest BCUT2D eigenvalue weighted by Crippen LogP contribution is 2.40. The Labute approximate surface area is 159 Å². The molecule has 2 bridgehead atoms. The average Bonchev–Trinajstić information content (AvgIpc) is 2.99. The highest BCUT2D eigenvalue weighted by Gasteiger charge is 2.31. The molecule has 0 spiro atoms. The topological polar surface area (TPSA) is 39.1 Å². The molecule has 3 heterocycles. The molecule has 122 valence electrons. The van der Waals surface area contributed by atoms with Crippen LogP contribution in [0.3, 0.4) is 0 Å². The third-order valence-corrected chi connectivity index (χ3v) is 7.32. The number of nitrogens with zero attached hydrogens (tertiary/aromatic N) is 1. The fourth-order valence-electron chi connectivity index (χ4n) is 3.35. The van der Waals surface area contributed by atoms with Crippen LogP contribution < -0.4 is 0 Å². The van der Waals surface area contributed by atoms with Crippen LogP contribution in [0.15, 0.2) is 82.7 Å². The maximum atomic E-state index is 12.1. The predicted octanol–water partition coefficient (Wildman–Crippen LogP) is 5.05. The summed E-state index contributed by atoms with van der Waals surface area (Å²) in [7, 11) is -3.20. The van der Waals surface area contributed by atoms with Crippen molar-refractivity contribution in [2.75, 3.05) is 0 Å². The van der Waals surface area contributed by atoms with Gasteiger partial charge in [-0.15, -0.1) is 0 Å². The Morgan fingerprint density at radius 1 is 0.880 bits per heavy atom. The zero-order chi connectivity index (χ0) is 17.2. The van der Waals surface area contributed by atoms with Crippen LogP contribution in [0, 0.1) is 3.57 Å². The van der Waals surface area contributed by atoms with Gasteiger partial charge in [0.15, 0.2) is 0 Å². The van der Waals surface area contributed by atoms with E-state index in [4.69, 9.17) is 0 Å². The van der Waals surface area contributed by atoms with E-state index in [2.05, 4.69) is 45.5 Å². The molecule has 5 heteroatoms. The van der Waals surface area contributed by atoms with Crippen molar-refractivity contribution >= 4 is 43.3 Å². The molecule has 6 rings (SSSR count). The molecule has 1 aromatic heterocycles. The molecule has 0 unspecified atom stereocenters. The van der Waals surface area contributed by atoms with Gasteiger partial charge in [0.05, 0.1) is 15.3 Å². The van der Waals surface area contributed by atoms with Crippen molar-refractivity contribution in [3.63, 3.8) is 0 Å². The van der Waals surface area contributed by atoms with Crippen LogP contribution in [0.25, 0.3) is 27.7 Å². The number of sulfone groups is 1. The third kappa shape index (κ3) is 2.12. The van der Waals surface area contributed by atoms with Gasteiger partial charge in [-0.3, -0.25) is 0 Å². The lowest BCUT2D eigenvalue weighted by Crippen LogP contribution is -2.13. The van der Waals surface area contributed by atoms with Gasteiger partial charge >= 0.3 is 0 Å². The van der Waals surface area contributed by atoms with Gasteiger partial charge in [0.25, 0.3) is 0 Å². The van der Waals surface area contributed by atoms with E-state index in [9.17, 15) is 8.42 Å². The molecule has 0 radical (unpaired) electrons. The van der Waals surface area contributed by atoms with E-state index in [1.807, 2.05) is 42.5 Å². The molecule has 0 saturated carbocycles. The summed E-state index contributed by atoms with van der Waals surface area (Å²) in [5, 5.41) is 1.23. The standard InChI is InChI=1S/C20H12INO2S/c21-18-12-22(19-4-2-1-3-17(18)19)14-7-5-13(6-8-14)16-10-9-15-11-20(16)25(15,23)24/h1-12H. The Bertz CT molecular complexity index is 1250. The number of halogens is 1. The van der Waals surface area contributed by atoms with Gasteiger partial charge < -0.3 is 4.57 Å². The minimum Gasteiger partial charge on any atom is -0.315 e. The second-order valence-corrected chi connectivity index (χ2v) is 9.15. The number of para-hydroxylation sites is 1. The third-order valence-electron chi connectivity index (χ3n) is 4.67. The predicted molar refractivity (Wildman–Crippen MR) is 107 cm³/mol. The highest BCUT2D eigenvalue weighted by molar-refractivity contribution is 14.1. The van der Waals surface area contributed by atoms with Crippen LogP contribution in [0.2, 0.25) is 0 Å². The number of benzene rings is 3. The monoisotopic (exact) mass is 457 g/mol. The summed E-state index contributed by atoms with van der Waals surface area (Å²) in [5.41, 5.74) is 3.91. The van der Waals surface area contributed by atoms with E-state index in [0.29, 0.717) is 9.79 Å². The van der Waals surface area contributed by atoms with Crippen molar-refractivity contribution < 1.29 is 8.42 Å². The summed E-state index contributed by atoms with van der Waals surface area (Å²) < 4.78 is 27.5. The van der Waals surface area contributed by atoms with E-state index in [1.54, 1.807) is 12.1 Å². The lowest BCUT2D eigenvalue weighted by molar-refractivity contribution is 0.589. The summed E-state index contributed by atoms with van der Waals surface area (Å²) in [5.74, 6) is 0. The Morgan fingerprint density at radius 2 is 1.64 bits per heavy atom. The van der Waals surface area contributed by atoms with Gasteiger partial charge in [0.2, 0.25) is 9.84 Å². The Balaban J connectivity index is 1.61. The summed E-state index contributed by atoms with van der Waals surface area (Å²) in [6, 6.07) is 21.6. The van der Waals surface area contributed by atoms with Gasteiger partial charge in [-0.1, -0.05) is 36.4 Å². The van der Waals surface area contributed by atoms with Crippen LogP contribution in [0.1, 0.15) is 0 Å². The van der Waals surface area contributed by atoms with Crippen LogP contribution in [-0.2, 0) is 9.84 Å². The number of fused-ring (bicyclic) bond motifs is 3. The molecular formula is C20H12INO2S. The molecule has 4 aromatic rings. The smallest absolute Gasteiger partial charge is 0.207 e. The highest BCUT2D eigenvalue weighted by atomic mass is 127. The second kappa shape index (κ2) is 5.19. The lowest BCUT2D eigenvalue weighted by Gasteiger charge is -2.20. The number of aromatic nitrogens is 1. The second-order valence-electron chi connectivity index (χ2n) is 6.07. The molecule has 0 saturated heterocycles. The van der Waals surface area contributed by atoms with E-state index in [0.717, 1.165) is 22.3 Å². The maximum absolute atomic E-state index is 12.1. The Kier molecular flexibility index (Phi) is 3.15. The molecular weight excluding hydrogens is 445 g/mol. The number of hydrogen-bond acceptors (Lipinski definition) is 2. The van der Waals surface area contributed by atoms with Gasteiger partial charge in [-0.25, -0.2) is 8.42 Å². The Hall–Kier alpha value is -2.12. The molecule has 0 atom stereocenters. The largest absolute Gasteiger partial charge is 0.315 e. The van der Waals surface area contributed by atoms with Crippen molar-refractivity contribution in [2.24, 2.45) is 0 Å². The summed E-state index contributed by atoms with van der Waals surface area (Å²) in [6.07, 6.45) is 2.12. The summed E-state index contributed by atoms with van der Waals surface area (Å²) in [4.78, 5) is 0.843. The lowest BCUT2D eigenvalue weighted by atomic mass is 10.0. The Morgan fingerprint density at radius 3 is 2.36 bits per heavy atom. The van der Waals surface area contributed by atoms with E-state index in [-0.39, 0.29) is 0 Å². The molecule has 0 fully saturated rings. The van der Waals surface area contributed by atoms with Gasteiger partial charge in [-0.05, 0) is 58.5 Å². The molecule has 25 heavy (non-hydrogen) atoms. The molecule has 2 aliphatic heterocycles. The zero-order valence-corrected chi connectivity index (χ0v) is 16.0. The fraction of sp³-hybridized carbons (Fsp3) is 0. The quantitative estimate of drug-likeness (QED) is 0.348. The molecule has 3 nitrogen and oxygen atoms in total. The van der Waals surface area contributed by atoms with Crippen molar-refractivity contribution in [1.29, 1.82) is 0 Å². The number of hydrogen-bond donors (Lipinski definition) is 0. The van der Waals surface area contributed by atoms with Gasteiger partial charge in [0.1, 0.15) is 0 Å². The van der Waals surface area contributed by atoms with Crippen molar-refractivity contribution in [2.45, 2.75) is 9.79 Å². The van der Waals surface area contributed by atoms with E-state index >= 15 is 0 Å². The summed E-state index contributed by atoms with van der Waals surface area (Å²) in [6.45, 7) is 0. The van der Waals surface area contributed by atoms with Crippen molar-refractivity contribution in [3.8, 4) is 16.8 Å².